The lowest BCUT2D eigenvalue weighted by atomic mass is 9.93. The summed E-state index contributed by atoms with van der Waals surface area (Å²) in [6.07, 6.45) is -0.183. The Morgan fingerprint density at radius 2 is 1.68 bits per heavy atom. The summed E-state index contributed by atoms with van der Waals surface area (Å²) in [6.45, 7) is 3.59. The summed E-state index contributed by atoms with van der Waals surface area (Å²) in [7, 11) is -3.94. The molecule has 3 atom stereocenters. The molecule has 2 aromatic rings. The predicted octanol–water partition coefficient (Wildman–Crippen LogP) is 2.89. The van der Waals surface area contributed by atoms with Crippen molar-refractivity contribution >= 4 is 10.0 Å². The van der Waals surface area contributed by atoms with Crippen LogP contribution >= 0.6 is 0 Å². The topological polar surface area (TPSA) is 75.9 Å². The Bertz CT molecular complexity index is 1250. The summed E-state index contributed by atoms with van der Waals surface area (Å²) in [4.78, 5) is 1.87. The number of nitrogens with zero attached hydrogens (tertiary/aromatic N) is 2. The van der Waals surface area contributed by atoms with Crippen molar-refractivity contribution in [1.82, 2.24) is 9.21 Å². The monoisotopic (exact) mass is 493 g/mol. The van der Waals surface area contributed by atoms with Crippen LogP contribution in [0.15, 0.2) is 52.4 Å². The van der Waals surface area contributed by atoms with Crippen LogP contribution in [0.4, 0.5) is 13.2 Å². The van der Waals surface area contributed by atoms with Crippen molar-refractivity contribution in [3.05, 3.63) is 76.1 Å². The van der Waals surface area contributed by atoms with Gasteiger partial charge in [0.25, 0.3) is 0 Å². The maximum absolute atomic E-state index is 14.3. The average molecular weight is 494 g/mol. The molecule has 0 aromatic heterocycles. The van der Waals surface area contributed by atoms with Gasteiger partial charge in [-0.25, -0.2) is 21.6 Å². The molecule has 34 heavy (non-hydrogen) atoms. The smallest absolute Gasteiger partial charge is 0.246 e. The van der Waals surface area contributed by atoms with E-state index in [9.17, 15) is 21.6 Å². The fourth-order valence-electron chi connectivity index (χ4n) is 5.11. The Hall–Kier alpha value is -2.24. The predicted molar refractivity (Wildman–Crippen MR) is 120 cm³/mol. The second kappa shape index (κ2) is 8.76. The van der Waals surface area contributed by atoms with Crippen molar-refractivity contribution in [3.8, 4) is 0 Å². The summed E-state index contributed by atoms with van der Waals surface area (Å²) in [5.74, 6) is -1.83. The largest absolute Gasteiger partial charge is 0.370 e. The lowest BCUT2D eigenvalue weighted by Gasteiger charge is -2.39. The minimum Gasteiger partial charge on any atom is -0.370 e. The molecule has 0 spiro atoms. The summed E-state index contributed by atoms with van der Waals surface area (Å²) in [6, 6.07) is 6.85. The number of aryl methyl sites for hydroxylation is 1. The molecule has 6 nitrogen and oxygen atoms in total. The van der Waals surface area contributed by atoms with E-state index in [1.807, 2.05) is 0 Å². The van der Waals surface area contributed by atoms with Crippen molar-refractivity contribution in [2.45, 2.75) is 36.4 Å². The number of hydrogen-bond donors (Lipinski definition) is 1. The minimum absolute atomic E-state index is 0.0203. The number of halogens is 3. The highest BCUT2D eigenvalue weighted by molar-refractivity contribution is 7.89. The van der Waals surface area contributed by atoms with Crippen LogP contribution in [-0.4, -0.2) is 62.5 Å². The van der Waals surface area contributed by atoms with Crippen LogP contribution in [0.1, 0.15) is 23.7 Å². The molecule has 2 aromatic carbocycles. The second-order valence-electron chi connectivity index (χ2n) is 9.29. The van der Waals surface area contributed by atoms with E-state index in [0.29, 0.717) is 31.7 Å². The summed E-state index contributed by atoms with van der Waals surface area (Å²) < 4.78 is 75.3. The average Bonchev–Trinajstić information content (AvgIpc) is 3.35. The van der Waals surface area contributed by atoms with E-state index in [2.05, 4.69) is 4.90 Å². The van der Waals surface area contributed by atoms with Crippen LogP contribution in [0.2, 0.25) is 0 Å². The Balaban J connectivity index is 1.22. The van der Waals surface area contributed by atoms with Gasteiger partial charge >= 0.3 is 0 Å². The highest BCUT2D eigenvalue weighted by Crippen LogP contribution is 2.36. The molecule has 182 valence electrons. The number of rotatable bonds is 4. The van der Waals surface area contributed by atoms with E-state index in [1.54, 1.807) is 13.0 Å². The molecule has 1 fully saturated rings. The Labute approximate surface area is 196 Å². The molecule has 3 heterocycles. The van der Waals surface area contributed by atoms with Crippen LogP contribution in [0.25, 0.3) is 0 Å². The van der Waals surface area contributed by atoms with Gasteiger partial charge in [0.1, 0.15) is 28.5 Å². The number of sulfonamides is 1. The van der Waals surface area contributed by atoms with Crippen LogP contribution in [0.3, 0.4) is 0 Å². The lowest BCUT2D eigenvalue weighted by Crippen LogP contribution is -2.49. The van der Waals surface area contributed by atoms with E-state index in [1.165, 1.54) is 16.4 Å². The molecule has 2 N–H and O–H groups in total. The SMILES string of the molecule is Cc1ccc(S(=O)(=O)N2CC3=C(CN(C4COC(c5cc(F)ccc5F)C(N)C4)C3)C2)c(F)c1. The van der Waals surface area contributed by atoms with Gasteiger partial charge in [0.2, 0.25) is 10.0 Å². The van der Waals surface area contributed by atoms with Gasteiger partial charge in [0.15, 0.2) is 0 Å². The van der Waals surface area contributed by atoms with Crippen molar-refractivity contribution in [2.75, 3.05) is 32.8 Å². The molecule has 3 unspecified atom stereocenters. The number of ether oxygens (including phenoxy) is 1. The first kappa shape index (κ1) is 23.5. The molecule has 0 bridgehead atoms. The van der Waals surface area contributed by atoms with Crippen molar-refractivity contribution < 1.29 is 26.3 Å². The highest BCUT2D eigenvalue weighted by atomic mass is 32.2. The van der Waals surface area contributed by atoms with Gasteiger partial charge in [-0.15, -0.1) is 0 Å². The molecule has 0 amide bonds. The molecule has 0 radical (unpaired) electrons. The van der Waals surface area contributed by atoms with Crippen molar-refractivity contribution in [2.24, 2.45) is 5.73 Å². The summed E-state index contributed by atoms with van der Waals surface area (Å²) >= 11 is 0. The van der Waals surface area contributed by atoms with E-state index in [-0.39, 0.29) is 29.6 Å². The first-order valence-corrected chi connectivity index (χ1v) is 12.6. The first-order chi connectivity index (χ1) is 16.1. The number of benzene rings is 2. The van der Waals surface area contributed by atoms with Crippen LogP contribution in [0.5, 0.6) is 0 Å². The van der Waals surface area contributed by atoms with Gasteiger partial charge in [-0.3, -0.25) is 4.90 Å². The van der Waals surface area contributed by atoms with E-state index >= 15 is 0 Å². The minimum atomic E-state index is -3.94. The van der Waals surface area contributed by atoms with Crippen molar-refractivity contribution in [1.29, 1.82) is 0 Å². The van der Waals surface area contributed by atoms with Gasteiger partial charge in [-0.05, 0) is 60.4 Å². The van der Waals surface area contributed by atoms with Gasteiger partial charge in [-0.2, -0.15) is 4.31 Å². The Kier molecular flexibility index (Phi) is 6.06. The normalized spacial score (nSPS) is 26.3. The lowest BCUT2D eigenvalue weighted by molar-refractivity contribution is -0.0467. The Morgan fingerprint density at radius 3 is 2.32 bits per heavy atom. The number of hydrogen-bond acceptors (Lipinski definition) is 5. The third kappa shape index (κ3) is 4.18. The molecule has 3 aliphatic rings. The fourth-order valence-corrected chi connectivity index (χ4v) is 6.58. The van der Waals surface area contributed by atoms with Gasteiger partial charge in [0, 0.05) is 43.8 Å². The first-order valence-electron chi connectivity index (χ1n) is 11.2. The molecule has 3 aliphatic heterocycles. The molecular weight excluding hydrogens is 467 g/mol. The maximum Gasteiger partial charge on any atom is 0.246 e. The number of nitrogens with two attached hydrogens (primary N) is 1. The molecule has 10 heteroatoms. The van der Waals surface area contributed by atoms with E-state index < -0.39 is 39.6 Å². The fraction of sp³-hybridized carbons (Fsp3) is 0.417. The van der Waals surface area contributed by atoms with Crippen molar-refractivity contribution in [3.63, 3.8) is 0 Å². The maximum atomic E-state index is 14.3. The van der Waals surface area contributed by atoms with Crippen LogP contribution in [0, 0.1) is 24.4 Å². The van der Waals surface area contributed by atoms with Crippen LogP contribution in [-0.2, 0) is 14.8 Å². The third-order valence-corrected chi connectivity index (χ3v) is 8.73. The molecule has 5 rings (SSSR count). The zero-order chi connectivity index (χ0) is 24.2. The Morgan fingerprint density at radius 1 is 0.971 bits per heavy atom. The molecule has 0 saturated carbocycles. The third-order valence-electron chi connectivity index (χ3n) is 6.91. The van der Waals surface area contributed by atoms with Crippen LogP contribution < -0.4 is 5.73 Å². The zero-order valence-electron chi connectivity index (χ0n) is 18.7. The summed E-state index contributed by atoms with van der Waals surface area (Å²) in [5.41, 5.74) is 9.08. The van der Waals surface area contributed by atoms with Gasteiger partial charge in [-0.1, -0.05) is 6.07 Å². The highest BCUT2D eigenvalue weighted by Gasteiger charge is 2.41. The molecular formula is C24H26F3N3O3S. The zero-order valence-corrected chi connectivity index (χ0v) is 19.5. The molecule has 0 aliphatic carbocycles. The second-order valence-corrected chi connectivity index (χ2v) is 11.2. The quantitative estimate of drug-likeness (QED) is 0.663. The van der Waals surface area contributed by atoms with Gasteiger partial charge in [0.05, 0.1) is 6.61 Å². The molecule has 1 saturated heterocycles. The van der Waals surface area contributed by atoms with Gasteiger partial charge < -0.3 is 10.5 Å². The van der Waals surface area contributed by atoms with E-state index in [0.717, 1.165) is 29.3 Å². The van der Waals surface area contributed by atoms with E-state index in [4.69, 9.17) is 10.5 Å². The summed E-state index contributed by atoms with van der Waals surface area (Å²) in [5, 5.41) is 0. The standard InChI is InChI=1S/C24H26F3N3O3S/c1-14-2-5-23(21(27)6-14)34(31,32)30-11-15-9-29(10-16(15)12-30)18-8-22(28)24(33-13-18)19-7-17(25)3-4-20(19)26/h2-7,18,22,24H,8-13,28H2,1H3.